The van der Waals surface area contributed by atoms with Gasteiger partial charge >= 0.3 is 5.97 Å². The van der Waals surface area contributed by atoms with E-state index in [1.165, 1.54) is 30.3 Å². The Hall–Kier alpha value is -2.81. The molecular weight excluding hydrogens is 406 g/mol. The molecule has 2 N–H and O–H groups in total. The van der Waals surface area contributed by atoms with Crippen molar-refractivity contribution in [2.24, 2.45) is 5.14 Å². The van der Waals surface area contributed by atoms with Gasteiger partial charge in [0.2, 0.25) is 15.8 Å². The van der Waals surface area contributed by atoms with Crippen molar-refractivity contribution in [1.29, 1.82) is 0 Å². The molecule has 0 radical (unpaired) electrons. The van der Waals surface area contributed by atoms with E-state index >= 15 is 0 Å². The van der Waals surface area contributed by atoms with E-state index in [0.717, 1.165) is 0 Å². The predicted octanol–water partition coefficient (Wildman–Crippen LogP) is 3.48. The number of benzene rings is 2. The Labute approximate surface area is 166 Å². The highest BCUT2D eigenvalue weighted by atomic mass is 35.5. The SMILES string of the molecule is NS(=O)(=O)c1ccc(OCCOC(=O)c2ccc(-c3ccccc3Cl)o2)cc1. The van der Waals surface area contributed by atoms with Crippen LogP contribution in [0.15, 0.2) is 70.0 Å². The summed E-state index contributed by atoms with van der Waals surface area (Å²) in [6.07, 6.45) is 0. The number of hydrogen-bond acceptors (Lipinski definition) is 6. The zero-order chi connectivity index (χ0) is 20.1. The molecule has 0 aliphatic rings. The maximum absolute atomic E-state index is 12.1. The molecule has 7 nitrogen and oxygen atoms in total. The summed E-state index contributed by atoms with van der Waals surface area (Å²) in [5.41, 5.74) is 0.675. The summed E-state index contributed by atoms with van der Waals surface area (Å²) in [6.45, 7) is 0.0659. The van der Waals surface area contributed by atoms with E-state index in [1.54, 1.807) is 24.3 Å². The highest BCUT2D eigenvalue weighted by Gasteiger charge is 2.15. The Balaban J connectivity index is 1.51. The first-order chi connectivity index (χ1) is 13.3. The van der Waals surface area contributed by atoms with Gasteiger partial charge < -0.3 is 13.9 Å². The summed E-state index contributed by atoms with van der Waals surface area (Å²) in [6, 6.07) is 15.9. The van der Waals surface area contributed by atoms with Crippen molar-refractivity contribution in [2.75, 3.05) is 13.2 Å². The number of primary sulfonamides is 1. The summed E-state index contributed by atoms with van der Waals surface area (Å²) in [7, 11) is -3.75. The van der Waals surface area contributed by atoms with Gasteiger partial charge in [0, 0.05) is 5.56 Å². The van der Waals surface area contributed by atoms with Crippen molar-refractivity contribution < 1.29 is 27.1 Å². The van der Waals surface area contributed by atoms with E-state index in [2.05, 4.69) is 0 Å². The van der Waals surface area contributed by atoms with E-state index in [-0.39, 0.29) is 23.9 Å². The lowest BCUT2D eigenvalue weighted by atomic mass is 10.2. The number of carbonyl (C=O) groups excluding carboxylic acids is 1. The van der Waals surface area contributed by atoms with Crippen LogP contribution in [0.2, 0.25) is 5.02 Å². The number of sulfonamides is 1. The number of ether oxygens (including phenoxy) is 2. The van der Waals surface area contributed by atoms with Crippen LogP contribution in [0.25, 0.3) is 11.3 Å². The standard InChI is InChI=1S/C19H16ClNO6S/c20-16-4-2-1-3-15(16)17-9-10-18(27-17)19(22)26-12-11-25-13-5-7-14(8-6-13)28(21,23)24/h1-10H,11-12H2,(H2,21,23,24). The minimum absolute atomic E-state index is 0.0154. The van der Waals surface area contributed by atoms with Gasteiger partial charge in [-0.2, -0.15) is 0 Å². The van der Waals surface area contributed by atoms with Crippen molar-refractivity contribution in [3.63, 3.8) is 0 Å². The molecule has 0 amide bonds. The minimum Gasteiger partial charge on any atom is -0.490 e. The third-order valence-corrected chi connectivity index (χ3v) is 4.94. The molecule has 0 saturated carbocycles. The molecule has 0 saturated heterocycles. The molecule has 3 rings (SSSR count). The summed E-state index contributed by atoms with van der Waals surface area (Å²) in [4.78, 5) is 12.0. The first-order valence-corrected chi connectivity index (χ1v) is 10.0. The fourth-order valence-electron chi connectivity index (χ4n) is 2.34. The highest BCUT2D eigenvalue weighted by Crippen LogP contribution is 2.29. The average molecular weight is 422 g/mol. The molecule has 3 aromatic rings. The third kappa shape index (κ3) is 4.92. The Morgan fingerprint density at radius 3 is 2.39 bits per heavy atom. The molecule has 0 aliphatic heterocycles. The van der Waals surface area contributed by atoms with Crippen LogP contribution in [0, 0.1) is 0 Å². The van der Waals surface area contributed by atoms with Crippen LogP contribution in [0.4, 0.5) is 0 Å². The Morgan fingerprint density at radius 1 is 1.00 bits per heavy atom. The van der Waals surface area contributed by atoms with Crippen LogP contribution in [-0.4, -0.2) is 27.6 Å². The van der Waals surface area contributed by atoms with Crippen LogP contribution < -0.4 is 9.88 Å². The van der Waals surface area contributed by atoms with Gasteiger partial charge in [0.25, 0.3) is 0 Å². The molecule has 2 aromatic carbocycles. The maximum Gasteiger partial charge on any atom is 0.374 e. The van der Waals surface area contributed by atoms with Crippen molar-refractivity contribution >= 4 is 27.6 Å². The number of rotatable bonds is 7. The first kappa shape index (κ1) is 19.9. The minimum atomic E-state index is -3.75. The molecular formula is C19H16ClNO6S. The Morgan fingerprint density at radius 2 is 1.71 bits per heavy atom. The fraction of sp³-hybridized carbons (Fsp3) is 0.105. The lowest BCUT2D eigenvalue weighted by Crippen LogP contribution is -2.13. The van der Waals surface area contributed by atoms with E-state index < -0.39 is 16.0 Å². The van der Waals surface area contributed by atoms with E-state index in [1.807, 2.05) is 6.07 Å². The molecule has 146 valence electrons. The van der Waals surface area contributed by atoms with Crippen molar-refractivity contribution in [1.82, 2.24) is 0 Å². The second kappa shape index (κ2) is 8.47. The number of carbonyl (C=O) groups is 1. The van der Waals surface area contributed by atoms with Crippen molar-refractivity contribution in [2.45, 2.75) is 4.90 Å². The molecule has 1 aromatic heterocycles. The monoisotopic (exact) mass is 421 g/mol. The molecule has 0 atom stereocenters. The molecule has 1 heterocycles. The normalized spacial score (nSPS) is 11.2. The maximum atomic E-state index is 12.1. The molecule has 0 aliphatic carbocycles. The van der Waals surface area contributed by atoms with Gasteiger partial charge in [0.1, 0.15) is 24.7 Å². The lowest BCUT2D eigenvalue weighted by Gasteiger charge is -2.07. The van der Waals surface area contributed by atoms with Gasteiger partial charge in [-0.15, -0.1) is 0 Å². The number of furan rings is 1. The summed E-state index contributed by atoms with van der Waals surface area (Å²) in [5.74, 6) is 0.296. The second-order valence-corrected chi connectivity index (χ2v) is 7.61. The van der Waals surface area contributed by atoms with Gasteiger partial charge in [0.15, 0.2) is 0 Å². The van der Waals surface area contributed by atoms with Crippen molar-refractivity contribution in [3.8, 4) is 17.1 Å². The summed E-state index contributed by atoms with van der Waals surface area (Å²) in [5, 5.41) is 5.53. The Bertz CT molecular complexity index is 1080. The van der Waals surface area contributed by atoms with Gasteiger partial charge in [-0.1, -0.05) is 23.7 Å². The topological polar surface area (TPSA) is 109 Å². The van der Waals surface area contributed by atoms with E-state index in [9.17, 15) is 13.2 Å². The van der Waals surface area contributed by atoms with Gasteiger partial charge in [-0.3, -0.25) is 0 Å². The predicted molar refractivity (Wildman–Crippen MR) is 103 cm³/mol. The van der Waals surface area contributed by atoms with E-state index in [4.69, 9.17) is 30.6 Å². The van der Waals surface area contributed by atoms with Crippen LogP contribution in [0.5, 0.6) is 5.75 Å². The van der Waals surface area contributed by atoms with Crippen LogP contribution >= 0.6 is 11.6 Å². The number of hydrogen-bond donors (Lipinski definition) is 1. The van der Waals surface area contributed by atoms with Crippen LogP contribution in [-0.2, 0) is 14.8 Å². The highest BCUT2D eigenvalue weighted by molar-refractivity contribution is 7.89. The van der Waals surface area contributed by atoms with Gasteiger partial charge in [-0.25, -0.2) is 18.4 Å². The third-order valence-electron chi connectivity index (χ3n) is 3.68. The summed E-state index contributed by atoms with van der Waals surface area (Å²) >= 11 is 6.11. The van der Waals surface area contributed by atoms with Gasteiger partial charge in [-0.05, 0) is 48.5 Å². The molecule has 0 fully saturated rings. The number of nitrogens with two attached hydrogens (primary N) is 1. The molecule has 9 heteroatoms. The molecule has 0 unspecified atom stereocenters. The van der Waals surface area contributed by atoms with E-state index in [0.29, 0.717) is 22.1 Å². The number of esters is 1. The smallest absolute Gasteiger partial charge is 0.374 e. The second-order valence-electron chi connectivity index (χ2n) is 5.64. The lowest BCUT2D eigenvalue weighted by molar-refractivity contribution is 0.0416. The number of halogens is 1. The molecule has 0 bridgehead atoms. The zero-order valence-corrected chi connectivity index (χ0v) is 16.1. The quantitative estimate of drug-likeness (QED) is 0.462. The Kier molecular flexibility index (Phi) is 6.03. The molecule has 0 spiro atoms. The molecule has 28 heavy (non-hydrogen) atoms. The van der Waals surface area contributed by atoms with Crippen LogP contribution in [0.3, 0.4) is 0 Å². The fourth-order valence-corrected chi connectivity index (χ4v) is 3.09. The zero-order valence-electron chi connectivity index (χ0n) is 14.5. The van der Waals surface area contributed by atoms with Crippen molar-refractivity contribution in [3.05, 3.63) is 71.4 Å². The van der Waals surface area contributed by atoms with Crippen LogP contribution in [0.1, 0.15) is 10.6 Å². The largest absolute Gasteiger partial charge is 0.490 e. The average Bonchev–Trinajstić information content (AvgIpc) is 3.15. The summed E-state index contributed by atoms with van der Waals surface area (Å²) < 4.78 is 38.4. The first-order valence-electron chi connectivity index (χ1n) is 8.12. The van der Waals surface area contributed by atoms with Gasteiger partial charge in [0.05, 0.1) is 9.92 Å².